The molecule has 5 heteroatoms. The summed E-state index contributed by atoms with van der Waals surface area (Å²) in [5.41, 5.74) is 3.02. The first-order chi connectivity index (χ1) is 7.87. The lowest BCUT2D eigenvalue weighted by Gasteiger charge is -2.18. The Labute approximate surface area is 103 Å². The summed E-state index contributed by atoms with van der Waals surface area (Å²) in [6, 6.07) is 0. The van der Waals surface area contributed by atoms with Crippen LogP contribution in [0.3, 0.4) is 0 Å². The fourth-order valence-electron chi connectivity index (χ4n) is 1.65. The van der Waals surface area contributed by atoms with Crippen molar-refractivity contribution in [2.45, 2.75) is 45.6 Å². The van der Waals surface area contributed by atoms with Crippen molar-refractivity contribution in [3.05, 3.63) is 0 Å². The van der Waals surface area contributed by atoms with Gasteiger partial charge < -0.3 is 9.64 Å². The van der Waals surface area contributed by atoms with Gasteiger partial charge in [0.25, 0.3) is 0 Å². The predicted molar refractivity (Wildman–Crippen MR) is 68.2 cm³/mol. The van der Waals surface area contributed by atoms with Crippen LogP contribution in [-0.4, -0.2) is 42.4 Å². The molecule has 98 valence electrons. The van der Waals surface area contributed by atoms with Gasteiger partial charge in [-0.05, 0) is 47.2 Å². The standard InChI is InChI=1S/C12H23N3O2/c1-12(2,3)17-11(16)14-13-10-6-5-8-15(4)9-7-10/h5-9H2,1-4H3,(H,14,16)/b13-10+. The van der Waals surface area contributed by atoms with Crippen LogP contribution in [0.5, 0.6) is 0 Å². The van der Waals surface area contributed by atoms with E-state index in [0.29, 0.717) is 0 Å². The average molecular weight is 241 g/mol. The molecule has 0 atom stereocenters. The summed E-state index contributed by atoms with van der Waals surface area (Å²) in [5.74, 6) is 0. The maximum absolute atomic E-state index is 11.4. The number of rotatable bonds is 1. The predicted octanol–water partition coefficient (Wildman–Crippen LogP) is 1.98. The third-order valence-corrected chi connectivity index (χ3v) is 2.49. The molecule has 0 aromatic rings. The summed E-state index contributed by atoms with van der Waals surface area (Å²) in [4.78, 5) is 13.7. The molecule has 0 aliphatic carbocycles. The number of likely N-dealkylation sites (tertiary alicyclic amines) is 1. The Balaban J connectivity index is 2.39. The fraction of sp³-hybridized carbons (Fsp3) is 0.833. The molecule has 1 saturated heterocycles. The molecule has 17 heavy (non-hydrogen) atoms. The largest absolute Gasteiger partial charge is 0.443 e. The van der Waals surface area contributed by atoms with Crippen molar-refractivity contribution in [2.24, 2.45) is 5.10 Å². The van der Waals surface area contributed by atoms with Gasteiger partial charge in [0.15, 0.2) is 0 Å². The number of amides is 1. The van der Waals surface area contributed by atoms with Gasteiger partial charge in [-0.1, -0.05) is 0 Å². The van der Waals surface area contributed by atoms with Crippen LogP contribution in [0.1, 0.15) is 40.0 Å². The normalized spacial score (nSPS) is 21.1. The van der Waals surface area contributed by atoms with E-state index in [1.807, 2.05) is 20.8 Å². The average Bonchev–Trinajstić information content (AvgIpc) is 2.37. The molecule has 0 aromatic heterocycles. The third kappa shape index (κ3) is 6.26. The van der Waals surface area contributed by atoms with Gasteiger partial charge in [-0.15, -0.1) is 0 Å². The van der Waals surface area contributed by atoms with Crippen LogP contribution in [0.15, 0.2) is 5.10 Å². The van der Waals surface area contributed by atoms with E-state index in [2.05, 4.69) is 22.5 Å². The van der Waals surface area contributed by atoms with Crippen molar-refractivity contribution in [1.82, 2.24) is 10.3 Å². The summed E-state index contributed by atoms with van der Waals surface area (Å²) in [7, 11) is 2.10. The zero-order valence-corrected chi connectivity index (χ0v) is 11.2. The lowest BCUT2D eigenvalue weighted by molar-refractivity contribution is 0.0529. The minimum absolute atomic E-state index is 0.478. The Kier molecular flexibility index (Phi) is 4.93. The number of carbonyl (C=O) groups excluding carboxylic acids is 1. The molecule has 0 unspecified atom stereocenters. The van der Waals surface area contributed by atoms with Gasteiger partial charge in [0.1, 0.15) is 5.60 Å². The minimum Gasteiger partial charge on any atom is -0.443 e. The maximum Gasteiger partial charge on any atom is 0.428 e. The SMILES string of the molecule is CN1CCC/C(=N\NC(=O)OC(C)(C)C)CC1. The quantitative estimate of drug-likeness (QED) is 0.714. The van der Waals surface area contributed by atoms with Crippen molar-refractivity contribution in [1.29, 1.82) is 0 Å². The highest BCUT2D eigenvalue weighted by Gasteiger charge is 2.16. The Morgan fingerprint density at radius 1 is 1.35 bits per heavy atom. The molecular formula is C12H23N3O2. The Bertz CT molecular complexity index is 295. The van der Waals surface area contributed by atoms with Crippen molar-refractivity contribution in [2.75, 3.05) is 20.1 Å². The molecule has 1 rings (SSSR count). The van der Waals surface area contributed by atoms with Crippen LogP contribution in [0.2, 0.25) is 0 Å². The van der Waals surface area contributed by atoms with Crippen LogP contribution in [-0.2, 0) is 4.74 Å². The summed E-state index contributed by atoms with van der Waals surface area (Å²) in [5, 5.41) is 4.13. The summed E-state index contributed by atoms with van der Waals surface area (Å²) in [6.45, 7) is 7.58. The van der Waals surface area contributed by atoms with E-state index >= 15 is 0 Å². The van der Waals surface area contributed by atoms with Gasteiger partial charge in [0.2, 0.25) is 0 Å². The van der Waals surface area contributed by atoms with Crippen molar-refractivity contribution >= 4 is 11.8 Å². The van der Waals surface area contributed by atoms with E-state index in [-0.39, 0.29) is 0 Å². The molecule has 1 aliphatic rings. The van der Waals surface area contributed by atoms with Crippen molar-refractivity contribution in [3.63, 3.8) is 0 Å². The van der Waals surface area contributed by atoms with E-state index in [0.717, 1.165) is 38.1 Å². The molecule has 0 bridgehead atoms. The number of ether oxygens (including phenoxy) is 1. The van der Waals surface area contributed by atoms with E-state index < -0.39 is 11.7 Å². The first-order valence-corrected chi connectivity index (χ1v) is 6.10. The number of hydrogen-bond donors (Lipinski definition) is 1. The van der Waals surface area contributed by atoms with E-state index in [1.165, 1.54) is 0 Å². The van der Waals surface area contributed by atoms with Crippen LogP contribution >= 0.6 is 0 Å². The maximum atomic E-state index is 11.4. The molecule has 0 saturated carbocycles. The topological polar surface area (TPSA) is 53.9 Å². The highest BCUT2D eigenvalue weighted by molar-refractivity contribution is 5.85. The minimum atomic E-state index is -0.484. The molecule has 1 amide bonds. The smallest absolute Gasteiger partial charge is 0.428 e. The number of hydrogen-bond acceptors (Lipinski definition) is 4. The van der Waals surface area contributed by atoms with Crippen LogP contribution in [0.4, 0.5) is 4.79 Å². The molecule has 0 radical (unpaired) electrons. The van der Waals surface area contributed by atoms with Gasteiger partial charge in [0.05, 0.1) is 0 Å². The molecule has 1 fully saturated rings. The molecule has 1 N–H and O–H groups in total. The molecule has 1 aliphatic heterocycles. The molecule has 1 heterocycles. The van der Waals surface area contributed by atoms with Crippen molar-refractivity contribution in [3.8, 4) is 0 Å². The van der Waals surface area contributed by atoms with Crippen molar-refractivity contribution < 1.29 is 9.53 Å². The van der Waals surface area contributed by atoms with Crippen LogP contribution in [0, 0.1) is 0 Å². The lowest BCUT2D eigenvalue weighted by atomic mass is 10.2. The number of hydrazone groups is 1. The molecular weight excluding hydrogens is 218 g/mol. The summed E-state index contributed by atoms with van der Waals surface area (Å²) >= 11 is 0. The number of nitrogens with zero attached hydrogens (tertiary/aromatic N) is 2. The Hall–Kier alpha value is -1.10. The van der Waals surface area contributed by atoms with Gasteiger partial charge in [-0.2, -0.15) is 5.10 Å². The monoisotopic (exact) mass is 241 g/mol. The highest BCUT2D eigenvalue weighted by Crippen LogP contribution is 2.08. The van der Waals surface area contributed by atoms with E-state index in [1.54, 1.807) is 0 Å². The number of carbonyl (C=O) groups is 1. The first-order valence-electron chi connectivity index (χ1n) is 6.10. The fourth-order valence-corrected chi connectivity index (χ4v) is 1.65. The first kappa shape index (κ1) is 14.0. The number of nitrogens with one attached hydrogen (secondary N) is 1. The summed E-state index contributed by atoms with van der Waals surface area (Å²) in [6.07, 6.45) is 2.46. The highest BCUT2D eigenvalue weighted by atomic mass is 16.6. The Morgan fingerprint density at radius 2 is 2.06 bits per heavy atom. The molecule has 5 nitrogen and oxygen atoms in total. The van der Waals surface area contributed by atoms with Gasteiger partial charge in [-0.25, -0.2) is 10.2 Å². The second-order valence-corrected chi connectivity index (χ2v) is 5.45. The van der Waals surface area contributed by atoms with Gasteiger partial charge in [-0.3, -0.25) is 0 Å². The Morgan fingerprint density at radius 3 is 2.71 bits per heavy atom. The zero-order chi connectivity index (χ0) is 12.9. The second kappa shape index (κ2) is 6.00. The zero-order valence-electron chi connectivity index (χ0n) is 11.2. The second-order valence-electron chi connectivity index (χ2n) is 5.45. The summed E-state index contributed by atoms with van der Waals surface area (Å²) < 4.78 is 5.11. The van der Waals surface area contributed by atoms with Gasteiger partial charge >= 0.3 is 6.09 Å². The van der Waals surface area contributed by atoms with Gasteiger partial charge in [0, 0.05) is 18.7 Å². The van der Waals surface area contributed by atoms with Crippen LogP contribution in [0.25, 0.3) is 0 Å². The third-order valence-electron chi connectivity index (χ3n) is 2.49. The van der Waals surface area contributed by atoms with E-state index in [4.69, 9.17) is 4.74 Å². The van der Waals surface area contributed by atoms with E-state index in [9.17, 15) is 4.79 Å². The van der Waals surface area contributed by atoms with Crippen LogP contribution < -0.4 is 5.43 Å². The molecule has 0 aromatic carbocycles. The lowest BCUT2D eigenvalue weighted by Crippen LogP contribution is -2.30. The molecule has 0 spiro atoms.